The number of hydrogen-bond donors (Lipinski definition) is 0. The number of carbonyl (C=O) groups excluding carboxylic acids is 1. The zero-order valence-corrected chi connectivity index (χ0v) is 9.80. The van der Waals surface area contributed by atoms with Gasteiger partial charge in [0.1, 0.15) is 0 Å². The van der Waals surface area contributed by atoms with Crippen molar-refractivity contribution in [2.24, 2.45) is 0 Å². The van der Waals surface area contributed by atoms with Gasteiger partial charge in [0.15, 0.2) is 0 Å². The van der Waals surface area contributed by atoms with Crippen LogP contribution in [-0.4, -0.2) is 28.7 Å². The molecule has 0 spiro atoms. The van der Waals surface area contributed by atoms with E-state index in [4.69, 9.17) is 0 Å². The third-order valence-electron chi connectivity index (χ3n) is 2.27. The maximum atomic E-state index is 11.7. The van der Waals surface area contributed by atoms with E-state index < -0.39 is 0 Å². The molecular formula is C10H16BrNO. The lowest BCUT2D eigenvalue weighted by atomic mass is 10.1. The van der Waals surface area contributed by atoms with Crippen LogP contribution < -0.4 is 0 Å². The van der Waals surface area contributed by atoms with Crippen LogP contribution in [-0.2, 0) is 4.79 Å². The molecule has 3 heteroatoms. The Morgan fingerprint density at radius 1 is 1.77 bits per heavy atom. The van der Waals surface area contributed by atoms with Crippen molar-refractivity contribution in [3.05, 3.63) is 11.6 Å². The largest absolute Gasteiger partial charge is 0.337 e. The molecule has 0 saturated carbocycles. The molecule has 1 aliphatic rings. The molecule has 0 aromatic heterocycles. The number of nitrogens with zero attached hydrogens (tertiary/aromatic N) is 1. The van der Waals surface area contributed by atoms with E-state index >= 15 is 0 Å². The van der Waals surface area contributed by atoms with E-state index in [2.05, 4.69) is 28.9 Å². The lowest BCUT2D eigenvalue weighted by Gasteiger charge is -2.27. The molecule has 0 N–H and O–H groups in total. The van der Waals surface area contributed by atoms with Gasteiger partial charge in [0.25, 0.3) is 0 Å². The van der Waals surface area contributed by atoms with Crippen LogP contribution in [0, 0.1) is 0 Å². The third kappa shape index (κ3) is 2.83. The van der Waals surface area contributed by atoms with Crippen molar-refractivity contribution in [3.63, 3.8) is 0 Å². The minimum Gasteiger partial charge on any atom is -0.337 e. The SMILES string of the molecule is CCC(Br)C(=O)N1CCC=C(C)C1. The number of alkyl halides is 1. The third-order valence-corrected chi connectivity index (χ3v) is 3.31. The molecule has 2 nitrogen and oxygen atoms in total. The summed E-state index contributed by atoms with van der Waals surface area (Å²) in [7, 11) is 0. The molecular weight excluding hydrogens is 230 g/mol. The second-order valence-corrected chi connectivity index (χ2v) is 4.58. The van der Waals surface area contributed by atoms with Gasteiger partial charge in [-0.25, -0.2) is 0 Å². The molecule has 0 fully saturated rings. The van der Waals surface area contributed by atoms with Crippen LogP contribution in [0.15, 0.2) is 11.6 Å². The topological polar surface area (TPSA) is 20.3 Å². The van der Waals surface area contributed by atoms with Gasteiger partial charge >= 0.3 is 0 Å². The summed E-state index contributed by atoms with van der Waals surface area (Å²) in [5.74, 6) is 0.231. The summed E-state index contributed by atoms with van der Waals surface area (Å²) in [6.45, 7) is 5.78. The molecule has 1 atom stereocenters. The van der Waals surface area contributed by atoms with Crippen LogP contribution in [0.1, 0.15) is 26.7 Å². The average Bonchev–Trinajstić information content (AvgIpc) is 2.15. The van der Waals surface area contributed by atoms with Gasteiger partial charge in [-0.3, -0.25) is 4.79 Å². The van der Waals surface area contributed by atoms with Crippen molar-refractivity contribution >= 4 is 21.8 Å². The Balaban J connectivity index is 2.53. The van der Waals surface area contributed by atoms with Crippen molar-refractivity contribution < 1.29 is 4.79 Å². The van der Waals surface area contributed by atoms with Gasteiger partial charge in [0, 0.05) is 13.1 Å². The van der Waals surface area contributed by atoms with Gasteiger partial charge in [0.2, 0.25) is 5.91 Å². The molecule has 0 aromatic carbocycles. The van der Waals surface area contributed by atoms with E-state index in [1.807, 2.05) is 11.8 Å². The minimum atomic E-state index is -0.00148. The second kappa shape index (κ2) is 4.80. The maximum Gasteiger partial charge on any atom is 0.236 e. The van der Waals surface area contributed by atoms with Crippen LogP contribution in [0.3, 0.4) is 0 Å². The Morgan fingerprint density at radius 2 is 2.46 bits per heavy atom. The van der Waals surface area contributed by atoms with Crippen molar-refractivity contribution in [2.75, 3.05) is 13.1 Å². The highest BCUT2D eigenvalue weighted by Gasteiger charge is 2.21. The predicted molar refractivity (Wildman–Crippen MR) is 58.0 cm³/mol. The Kier molecular flexibility index (Phi) is 3.97. The zero-order chi connectivity index (χ0) is 9.84. The molecule has 1 rings (SSSR count). The van der Waals surface area contributed by atoms with Gasteiger partial charge in [-0.1, -0.05) is 34.5 Å². The second-order valence-electron chi connectivity index (χ2n) is 3.47. The van der Waals surface area contributed by atoms with E-state index in [-0.39, 0.29) is 10.7 Å². The summed E-state index contributed by atoms with van der Waals surface area (Å²) in [5.41, 5.74) is 1.30. The first-order valence-corrected chi connectivity index (χ1v) is 5.65. The smallest absolute Gasteiger partial charge is 0.236 e. The Morgan fingerprint density at radius 3 is 3.00 bits per heavy atom. The van der Waals surface area contributed by atoms with Crippen molar-refractivity contribution in [1.82, 2.24) is 4.90 Å². The van der Waals surface area contributed by atoms with Crippen LogP contribution in [0.5, 0.6) is 0 Å². The van der Waals surface area contributed by atoms with Gasteiger partial charge in [-0.2, -0.15) is 0 Å². The van der Waals surface area contributed by atoms with Crippen LogP contribution in [0.25, 0.3) is 0 Å². The van der Waals surface area contributed by atoms with E-state index in [1.54, 1.807) is 0 Å². The first-order valence-electron chi connectivity index (χ1n) is 4.73. The lowest BCUT2D eigenvalue weighted by molar-refractivity contribution is -0.130. The summed E-state index contributed by atoms with van der Waals surface area (Å²) < 4.78 is 0. The molecule has 0 saturated heterocycles. The molecule has 1 amide bonds. The molecule has 1 heterocycles. The van der Waals surface area contributed by atoms with Crippen LogP contribution in [0.4, 0.5) is 0 Å². The van der Waals surface area contributed by atoms with Gasteiger partial charge in [-0.15, -0.1) is 0 Å². The molecule has 0 aromatic rings. The fourth-order valence-corrected chi connectivity index (χ4v) is 1.76. The first kappa shape index (κ1) is 10.8. The fraction of sp³-hybridized carbons (Fsp3) is 0.700. The molecule has 0 aliphatic carbocycles. The van der Waals surface area contributed by atoms with Crippen molar-refractivity contribution in [2.45, 2.75) is 31.5 Å². The normalized spacial score (nSPS) is 19.6. The summed E-state index contributed by atoms with van der Waals surface area (Å²) in [5, 5.41) is 0. The molecule has 1 unspecified atom stereocenters. The summed E-state index contributed by atoms with van der Waals surface area (Å²) in [6, 6.07) is 0. The number of hydrogen-bond acceptors (Lipinski definition) is 1. The summed E-state index contributed by atoms with van der Waals surface area (Å²) >= 11 is 3.39. The summed E-state index contributed by atoms with van der Waals surface area (Å²) in [4.78, 5) is 13.7. The highest BCUT2D eigenvalue weighted by molar-refractivity contribution is 9.10. The first-order chi connectivity index (χ1) is 6.15. The molecule has 0 radical (unpaired) electrons. The number of carbonyl (C=O) groups is 1. The van der Waals surface area contributed by atoms with E-state index in [0.29, 0.717) is 0 Å². The molecule has 74 valence electrons. The Hall–Kier alpha value is -0.310. The van der Waals surface area contributed by atoms with Crippen molar-refractivity contribution in [3.8, 4) is 0 Å². The van der Waals surface area contributed by atoms with E-state index in [1.165, 1.54) is 5.57 Å². The Bertz CT molecular complexity index is 225. The van der Waals surface area contributed by atoms with E-state index in [9.17, 15) is 4.79 Å². The maximum absolute atomic E-state index is 11.7. The van der Waals surface area contributed by atoms with Gasteiger partial charge in [-0.05, 0) is 19.8 Å². The van der Waals surface area contributed by atoms with E-state index in [0.717, 1.165) is 25.9 Å². The zero-order valence-electron chi connectivity index (χ0n) is 8.22. The number of halogens is 1. The molecule has 13 heavy (non-hydrogen) atoms. The van der Waals surface area contributed by atoms with Crippen LogP contribution >= 0.6 is 15.9 Å². The standard InChI is InChI=1S/C10H16BrNO/c1-3-9(11)10(13)12-6-4-5-8(2)7-12/h5,9H,3-4,6-7H2,1-2H3. The minimum absolute atomic E-state index is 0.00148. The fourth-order valence-electron chi connectivity index (χ4n) is 1.47. The highest BCUT2D eigenvalue weighted by Crippen LogP contribution is 2.14. The molecule has 0 bridgehead atoms. The Labute approximate surface area is 88.1 Å². The molecule has 1 aliphatic heterocycles. The quantitative estimate of drug-likeness (QED) is 0.541. The predicted octanol–water partition coefficient (Wildman–Crippen LogP) is 2.34. The average molecular weight is 246 g/mol. The summed E-state index contributed by atoms with van der Waals surface area (Å²) in [6.07, 6.45) is 4.07. The number of rotatable bonds is 2. The van der Waals surface area contributed by atoms with Gasteiger partial charge < -0.3 is 4.90 Å². The lowest BCUT2D eigenvalue weighted by Crippen LogP contribution is -2.39. The van der Waals surface area contributed by atoms with Gasteiger partial charge in [0.05, 0.1) is 4.83 Å². The monoisotopic (exact) mass is 245 g/mol. The van der Waals surface area contributed by atoms with Crippen molar-refractivity contribution in [1.29, 1.82) is 0 Å². The number of amides is 1. The highest BCUT2D eigenvalue weighted by atomic mass is 79.9. The van der Waals surface area contributed by atoms with Crippen LogP contribution in [0.2, 0.25) is 0 Å².